The highest BCUT2D eigenvalue weighted by Gasteiger charge is 2.22. The number of carboxylic acid groups (broad SMARTS) is 6. The van der Waals surface area contributed by atoms with E-state index in [1.165, 1.54) is 0 Å². The van der Waals surface area contributed by atoms with Crippen molar-refractivity contribution >= 4 is 64.9 Å². The predicted octanol–water partition coefficient (Wildman–Crippen LogP) is 1.39. The maximum Gasteiger partial charge on any atom is 0.326 e. The minimum Gasteiger partial charge on any atom is -0.483 e. The molecule has 71 heavy (non-hydrogen) atoms. The summed E-state index contributed by atoms with van der Waals surface area (Å²) < 4.78 is 0. The maximum absolute atomic E-state index is 13.0. The number of hydrogen-bond acceptors (Lipinski definition) is 14. The third-order valence-electron chi connectivity index (χ3n) is 10.3. The van der Waals surface area contributed by atoms with E-state index in [2.05, 4.69) is 26.3 Å². The Morgan fingerprint density at radius 2 is 1.11 bits per heavy atom. The number of urea groups is 1. The molecule has 3 aromatic rings. The van der Waals surface area contributed by atoms with Gasteiger partial charge in [0.25, 0.3) is 12.4 Å². The number of pyridine rings is 1. The van der Waals surface area contributed by atoms with Crippen LogP contribution in [0.25, 0.3) is 10.8 Å². The number of nitrogens with one attached hydrogen (secondary N) is 4. The van der Waals surface area contributed by atoms with Gasteiger partial charge in [-0.25, -0.2) is 9.59 Å². The third kappa shape index (κ3) is 28.1. The number of hydrogen-bond donors (Lipinski definition) is 10. The first-order chi connectivity index (χ1) is 33.8. The molecule has 24 nitrogen and oxygen atoms in total. The molecule has 4 rings (SSSR count). The second-order valence-corrected chi connectivity index (χ2v) is 15.8. The Balaban J connectivity index is 0.000000952. The Morgan fingerprint density at radius 3 is 1.55 bits per heavy atom. The lowest BCUT2D eigenvalue weighted by atomic mass is 10.1. The zero-order valence-corrected chi connectivity index (χ0v) is 40.5. The summed E-state index contributed by atoms with van der Waals surface area (Å²) in [5, 5.41) is 64.2. The van der Waals surface area contributed by atoms with Crippen molar-refractivity contribution in [3.63, 3.8) is 0 Å². The minimum atomic E-state index is -1.02. The van der Waals surface area contributed by atoms with E-state index in [1.807, 2.05) is 42.2 Å². The highest BCUT2D eigenvalue weighted by atomic mass is 16.4. The molecule has 2 heterocycles. The fourth-order valence-corrected chi connectivity index (χ4v) is 6.64. The number of carbonyl (C=O) groups excluding carboxylic acids is 3. The van der Waals surface area contributed by atoms with Gasteiger partial charge in [0, 0.05) is 89.0 Å². The van der Waals surface area contributed by atoms with Crippen molar-refractivity contribution in [1.82, 2.24) is 45.9 Å². The standard InChI is InChI=1S/C34H43N7O8.C9H18N2O3.C3H6O2.CH2O2/c42-30(36-19-25-5-7-27(8-6-25)34(49)37-20-29-28-4-2-1-3-26(28)9-10-35-29)21-38-11-13-39(22-31(43)44)15-17-41(24-33(47)48)18-16-40(14-12-38)23-32(45)46;1-3-5-6-7(8(12)13)11-9(14)10-4-2;1-2-3(4)5;2-1-3/h1-10H,11-24H2,(H,36,42)(H,37,49)(H,43,44)(H,45,46)(H,47,48);7H,3-6H2,1-2H3,(H,12,13)(H2,10,11,14);2H2,1H3,(H,4,5);1H,(H,2,3). The first-order valence-corrected chi connectivity index (χ1v) is 22.9. The summed E-state index contributed by atoms with van der Waals surface area (Å²) in [7, 11) is 0. The molecule has 0 radical (unpaired) electrons. The van der Waals surface area contributed by atoms with Gasteiger partial charge in [-0.05, 0) is 42.5 Å². The number of aliphatic carboxylic acids is 5. The van der Waals surface area contributed by atoms with Crippen molar-refractivity contribution in [2.45, 2.75) is 65.6 Å². The molecule has 1 fully saturated rings. The van der Waals surface area contributed by atoms with Gasteiger partial charge in [-0.15, -0.1) is 0 Å². The van der Waals surface area contributed by atoms with Crippen molar-refractivity contribution in [3.05, 3.63) is 77.6 Å². The van der Waals surface area contributed by atoms with Crippen molar-refractivity contribution in [1.29, 1.82) is 0 Å². The molecule has 24 heteroatoms. The van der Waals surface area contributed by atoms with E-state index < -0.39 is 41.9 Å². The Hall–Kier alpha value is -7.28. The second-order valence-electron chi connectivity index (χ2n) is 15.8. The van der Waals surface area contributed by atoms with Crippen LogP contribution in [0.2, 0.25) is 0 Å². The Morgan fingerprint density at radius 1 is 0.634 bits per heavy atom. The molecule has 1 aromatic heterocycles. The van der Waals surface area contributed by atoms with E-state index in [0.717, 1.165) is 34.9 Å². The van der Waals surface area contributed by atoms with Gasteiger partial charge in [0.1, 0.15) is 6.04 Å². The van der Waals surface area contributed by atoms with Crippen molar-refractivity contribution in [2.75, 3.05) is 85.1 Å². The topological polar surface area (TPSA) is 349 Å². The molecule has 1 atom stereocenters. The Bertz CT molecular complexity index is 2110. The van der Waals surface area contributed by atoms with Crippen LogP contribution >= 0.6 is 0 Å². The molecular weight excluding hydrogens is 931 g/mol. The van der Waals surface area contributed by atoms with Crippen LogP contribution in [-0.2, 0) is 46.7 Å². The van der Waals surface area contributed by atoms with Gasteiger partial charge in [-0.3, -0.25) is 58.1 Å². The Kier molecular flexibility index (Phi) is 31.1. The number of unbranched alkanes of at least 4 members (excludes halogenated alkanes) is 1. The zero-order valence-electron chi connectivity index (χ0n) is 40.5. The number of carbonyl (C=O) groups is 9. The highest BCUT2D eigenvalue weighted by Crippen LogP contribution is 2.16. The van der Waals surface area contributed by atoms with Gasteiger partial charge < -0.3 is 51.9 Å². The van der Waals surface area contributed by atoms with E-state index >= 15 is 0 Å². The number of carboxylic acids is 5. The summed E-state index contributed by atoms with van der Waals surface area (Å²) in [5.74, 6) is -5.29. The normalized spacial score (nSPS) is 14.0. The average Bonchev–Trinajstić information content (AvgIpc) is 3.32. The number of nitrogens with zero attached hydrogens (tertiary/aromatic N) is 5. The van der Waals surface area contributed by atoms with Gasteiger partial charge in [0.15, 0.2) is 0 Å². The van der Waals surface area contributed by atoms with Crippen LogP contribution in [0, 0.1) is 0 Å². The predicted molar refractivity (Wildman–Crippen MR) is 260 cm³/mol. The summed E-state index contributed by atoms with van der Waals surface area (Å²) in [6, 6.07) is 15.5. The third-order valence-corrected chi connectivity index (χ3v) is 10.3. The smallest absolute Gasteiger partial charge is 0.326 e. The molecule has 0 aliphatic carbocycles. The summed E-state index contributed by atoms with van der Waals surface area (Å²) in [5.41, 5.74) is 2.03. The van der Waals surface area contributed by atoms with Gasteiger partial charge in [0.05, 0.1) is 38.4 Å². The lowest BCUT2D eigenvalue weighted by molar-refractivity contribution is -0.140. The number of amides is 4. The van der Waals surface area contributed by atoms with Crippen LogP contribution in [0.3, 0.4) is 0 Å². The summed E-state index contributed by atoms with van der Waals surface area (Å²) in [4.78, 5) is 111. The van der Waals surface area contributed by atoms with Gasteiger partial charge >= 0.3 is 35.9 Å². The van der Waals surface area contributed by atoms with Crippen LogP contribution in [0.4, 0.5) is 4.79 Å². The van der Waals surface area contributed by atoms with Crippen LogP contribution in [0.15, 0.2) is 60.8 Å². The quantitative estimate of drug-likeness (QED) is 0.0715. The zero-order chi connectivity index (χ0) is 53.1. The van der Waals surface area contributed by atoms with Gasteiger partial charge in [-0.1, -0.05) is 63.1 Å². The fourth-order valence-electron chi connectivity index (χ4n) is 6.64. The highest BCUT2D eigenvalue weighted by molar-refractivity contribution is 5.94. The molecule has 1 saturated heterocycles. The van der Waals surface area contributed by atoms with Crippen LogP contribution in [0.1, 0.15) is 68.1 Å². The lowest BCUT2D eigenvalue weighted by Crippen LogP contribution is -2.49. The van der Waals surface area contributed by atoms with Crippen molar-refractivity contribution in [2.24, 2.45) is 0 Å². The van der Waals surface area contributed by atoms with E-state index in [9.17, 15) is 53.7 Å². The van der Waals surface area contributed by atoms with Crippen LogP contribution < -0.4 is 21.3 Å². The van der Waals surface area contributed by atoms with Crippen LogP contribution in [-0.4, -0.2) is 201 Å². The first kappa shape index (κ1) is 61.7. The molecule has 0 bridgehead atoms. The van der Waals surface area contributed by atoms with E-state index in [4.69, 9.17) is 20.1 Å². The molecule has 392 valence electrons. The molecule has 0 saturated carbocycles. The minimum absolute atomic E-state index is 0.00958. The monoisotopic (exact) mass is 999 g/mol. The van der Waals surface area contributed by atoms with E-state index in [1.54, 1.807) is 59.0 Å². The summed E-state index contributed by atoms with van der Waals surface area (Å²) in [6.07, 6.45) is 4.13. The number of benzene rings is 2. The average molecular weight is 1000 g/mol. The molecular formula is C47H69N9O15. The van der Waals surface area contributed by atoms with E-state index in [0.29, 0.717) is 70.9 Å². The second kappa shape index (κ2) is 35.8. The summed E-state index contributed by atoms with van der Waals surface area (Å²) in [6.45, 7) is 7.91. The molecule has 0 spiro atoms. The number of fused-ring (bicyclic) bond motifs is 1. The Labute approximate surface area is 412 Å². The fraction of sp³-hybridized carbons (Fsp3) is 0.489. The lowest BCUT2D eigenvalue weighted by Gasteiger charge is -2.32. The van der Waals surface area contributed by atoms with Crippen molar-refractivity contribution < 1.29 is 73.8 Å². The number of rotatable bonds is 20. The molecule has 10 N–H and O–H groups in total. The van der Waals surface area contributed by atoms with E-state index in [-0.39, 0.29) is 64.0 Å². The molecule has 2 aromatic carbocycles. The molecule has 1 aliphatic rings. The largest absolute Gasteiger partial charge is 0.483 e. The maximum atomic E-state index is 13.0. The summed E-state index contributed by atoms with van der Waals surface area (Å²) >= 11 is 0. The van der Waals surface area contributed by atoms with Crippen molar-refractivity contribution in [3.8, 4) is 0 Å². The van der Waals surface area contributed by atoms with Gasteiger partial charge in [-0.2, -0.15) is 0 Å². The molecule has 4 amide bonds. The molecule has 1 unspecified atom stereocenters. The molecule has 1 aliphatic heterocycles. The first-order valence-electron chi connectivity index (χ1n) is 22.9. The SMILES string of the molecule is CCC(=O)O.CCCCC(NC(=O)NCC)C(=O)O.O=C(O)CN1CCN(CC(=O)O)CCN(CC(=O)NCc2ccc(C(=O)NCc3nccc4ccccc34)cc2)CCN(CC(=O)O)CC1.O=CO. The van der Waals surface area contributed by atoms with Crippen LogP contribution in [0.5, 0.6) is 0 Å². The number of aromatic nitrogens is 1. The van der Waals surface area contributed by atoms with Gasteiger partial charge in [0.2, 0.25) is 5.91 Å².